The number of alkyl halides is 4. The van der Waals surface area contributed by atoms with E-state index in [0.29, 0.717) is 0 Å². The van der Waals surface area contributed by atoms with Gasteiger partial charge in [-0.3, -0.25) is 4.79 Å². The third-order valence-corrected chi connectivity index (χ3v) is 2.30. The summed E-state index contributed by atoms with van der Waals surface area (Å²) in [4.78, 5) is 11.1. The van der Waals surface area contributed by atoms with Crippen molar-refractivity contribution in [3.05, 3.63) is 33.8 Å². The zero-order valence-electron chi connectivity index (χ0n) is 7.49. The summed E-state index contributed by atoms with van der Waals surface area (Å²) < 4.78 is 49.3. The minimum Gasteiger partial charge on any atom is -0.287 e. The number of ketones is 1. The zero-order valence-corrected chi connectivity index (χ0v) is 9.00. The average Bonchev–Trinajstić information content (AvgIpc) is 2.16. The van der Waals surface area contributed by atoms with Crippen LogP contribution in [0, 0.1) is 0 Å². The lowest BCUT2D eigenvalue weighted by molar-refractivity contribution is -0.0958. The molecule has 0 aliphatic heterocycles. The Morgan fingerprint density at radius 1 is 1.25 bits per heavy atom. The molecular formula is C9H4Cl2F4O. The van der Waals surface area contributed by atoms with E-state index in [0.717, 1.165) is 18.2 Å². The summed E-state index contributed by atoms with van der Waals surface area (Å²) >= 11 is 10.9. The van der Waals surface area contributed by atoms with Gasteiger partial charge in [0.15, 0.2) is 0 Å². The van der Waals surface area contributed by atoms with Crippen LogP contribution in [0.3, 0.4) is 0 Å². The topological polar surface area (TPSA) is 17.1 Å². The molecule has 1 rings (SSSR count). The van der Waals surface area contributed by atoms with Crippen LogP contribution in [0.2, 0.25) is 10.0 Å². The fourth-order valence-corrected chi connectivity index (χ4v) is 1.45. The van der Waals surface area contributed by atoms with Crippen LogP contribution in [-0.2, 0) is 0 Å². The molecule has 1 aromatic rings. The molecule has 0 bridgehead atoms. The minimum absolute atomic E-state index is 0.113. The van der Waals surface area contributed by atoms with E-state index < -0.39 is 28.7 Å². The Morgan fingerprint density at radius 2 is 1.81 bits per heavy atom. The number of hydrogen-bond acceptors (Lipinski definition) is 1. The van der Waals surface area contributed by atoms with Gasteiger partial charge in [0.1, 0.15) is 0 Å². The molecule has 0 amide bonds. The van der Waals surface area contributed by atoms with Crippen LogP contribution in [0.1, 0.15) is 10.4 Å². The van der Waals surface area contributed by atoms with Crippen LogP contribution in [0.25, 0.3) is 0 Å². The molecular weight excluding hydrogens is 271 g/mol. The summed E-state index contributed by atoms with van der Waals surface area (Å²) in [5, 5.41) is -0.278. The fourth-order valence-electron chi connectivity index (χ4n) is 0.952. The molecule has 0 N–H and O–H groups in total. The smallest absolute Gasteiger partial charge is 0.287 e. The summed E-state index contributed by atoms with van der Waals surface area (Å²) in [5.74, 6) is -6.78. The third-order valence-electron chi connectivity index (χ3n) is 1.75. The highest BCUT2D eigenvalue weighted by molar-refractivity contribution is 6.37. The van der Waals surface area contributed by atoms with Crippen LogP contribution >= 0.6 is 23.2 Å². The van der Waals surface area contributed by atoms with Crippen LogP contribution in [0.4, 0.5) is 17.6 Å². The largest absolute Gasteiger partial charge is 0.368 e. The predicted octanol–water partition coefficient (Wildman–Crippen LogP) is 4.08. The predicted molar refractivity (Wildman–Crippen MR) is 51.7 cm³/mol. The number of hydrogen-bond donors (Lipinski definition) is 0. The lowest BCUT2D eigenvalue weighted by atomic mass is 10.1. The van der Waals surface area contributed by atoms with Crippen molar-refractivity contribution in [2.45, 2.75) is 12.3 Å². The van der Waals surface area contributed by atoms with E-state index in [-0.39, 0.29) is 5.02 Å². The SMILES string of the molecule is O=C(c1ccc(Cl)cc1Cl)C(F)(F)C(F)F. The van der Waals surface area contributed by atoms with Crippen LogP contribution < -0.4 is 0 Å². The van der Waals surface area contributed by atoms with Gasteiger partial charge in [0.05, 0.1) is 5.02 Å². The molecule has 0 saturated heterocycles. The molecule has 0 fully saturated rings. The highest BCUT2D eigenvalue weighted by Gasteiger charge is 2.49. The van der Waals surface area contributed by atoms with Crippen LogP contribution in [0.15, 0.2) is 18.2 Å². The monoisotopic (exact) mass is 274 g/mol. The Labute approximate surface area is 98.0 Å². The molecule has 1 aromatic carbocycles. The summed E-state index contributed by atoms with van der Waals surface area (Å²) in [6.07, 6.45) is -4.08. The van der Waals surface area contributed by atoms with E-state index in [1.165, 1.54) is 0 Å². The number of carbonyl (C=O) groups is 1. The van der Waals surface area contributed by atoms with Gasteiger partial charge in [0.2, 0.25) is 5.78 Å². The molecule has 0 radical (unpaired) electrons. The van der Waals surface area contributed by atoms with Crippen molar-refractivity contribution >= 4 is 29.0 Å². The van der Waals surface area contributed by atoms with Crippen molar-refractivity contribution in [2.24, 2.45) is 0 Å². The molecule has 0 spiro atoms. The highest BCUT2D eigenvalue weighted by atomic mass is 35.5. The summed E-state index contributed by atoms with van der Waals surface area (Å²) in [7, 11) is 0. The molecule has 0 unspecified atom stereocenters. The molecule has 0 aromatic heterocycles. The van der Waals surface area contributed by atoms with Crippen molar-refractivity contribution in [1.29, 1.82) is 0 Å². The maximum Gasteiger partial charge on any atom is 0.368 e. The second-order valence-electron chi connectivity index (χ2n) is 2.88. The van der Waals surface area contributed by atoms with E-state index in [4.69, 9.17) is 23.2 Å². The second-order valence-corrected chi connectivity index (χ2v) is 3.72. The summed E-state index contributed by atoms with van der Waals surface area (Å²) in [5.41, 5.74) is -0.684. The van der Waals surface area contributed by atoms with Gasteiger partial charge >= 0.3 is 12.3 Å². The van der Waals surface area contributed by atoms with Gasteiger partial charge in [0, 0.05) is 10.6 Å². The highest BCUT2D eigenvalue weighted by Crippen LogP contribution is 2.31. The van der Waals surface area contributed by atoms with Crippen molar-refractivity contribution in [3.8, 4) is 0 Å². The number of carbonyl (C=O) groups excluding carboxylic acids is 1. The quantitative estimate of drug-likeness (QED) is 0.600. The molecule has 1 nitrogen and oxygen atoms in total. The molecule has 16 heavy (non-hydrogen) atoms. The normalized spacial score (nSPS) is 11.9. The number of Topliss-reactive ketones (excluding diaryl/α,β-unsaturated/α-hetero) is 1. The van der Waals surface area contributed by atoms with Gasteiger partial charge in [-0.2, -0.15) is 8.78 Å². The molecule has 0 aliphatic rings. The first-order valence-corrected chi connectivity index (χ1v) is 4.68. The summed E-state index contributed by atoms with van der Waals surface area (Å²) in [6.45, 7) is 0. The number of halogens is 6. The summed E-state index contributed by atoms with van der Waals surface area (Å²) in [6, 6.07) is 3.02. The van der Waals surface area contributed by atoms with Crippen LogP contribution in [0.5, 0.6) is 0 Å². The van der Waals surface area contributed by atoms with Gasteiger partial charge < -0.3 is 0 Å². The molecule has 88 valence electrons. The first-order chi connectivity index (χ1) is 7.26. The van der Waals surface area contributed by atoms with Crippen molar-refractivity contribution in [2.75, 3.05) is 0 Å². The van der Waals surface area contributed by atoms with Crippen molar-refractivity contribution in [3.63, 3.8) is 0 Å². The van der Waals surface area contributed by atoms with Crippen LogP contribution in [-0.4, -0.2) is 18.1 Å². The Hall–Kier alpha value is -0.810. The first kappa shape index (κ1) is 13.3. The lowest BCUT2D eigenvalue weighted by Crippen LogP contribution is -2.36. The van der Waals surface area contributed by atoms with E-state index in [9.17, 15) is 22.4 Å². The number of benzene rings is 1. The van der Waals surface area contributed by atoms with E-state index >= 15 is 0 Å². The van der Waals surface area contributed by atoms with Gasteiger partial charge in [-0.15, -0.1) is 0 Å². The lowest BCUT2D eigenvalue weighted by Gasteiger charge is -2.14. The van der Waals surface area contributed by atoms with Gasteiger partial charge in [-0.1, -0.05) is 23.2 Å². The standard InChI is InChI=1S/C9H4Cl2F4O/c10-4-1-2-5(6(11)3-4)7(16)9(14,15)8(12)13/h1-3,8H. The van der Waals surface area contributed by atoms with E-state index in [1.54, 1.807) is 0 Å². The van der Waals surface area contributed by atoms with Gasteiger partial charge in [0.25, 0.3) is 0 Å². The fraction of sp³-hybridized carbons (Fsp3) is 0.222. The van der Waals surface area contributed by atoms with Crippen molar-refractivity contribution < 1.29 is 22.4 Å². The number of rotatable bonds is 3. The first-order valence-electron chi connectivity index (χ1n) is 3.92. The maximum absolute atomic E-state index is 12.7. The minimum atomic E-state index is -4.75. The Morgan fingerprint density at radius 3 is 2.25 bits per heavy atom. The second kappa shape index (κ2) is 4.59. The molecule has 7 heteroatoms. The average molecular weight is 275 g/mol. The zero-order chi connectivity index (χ0) is 12.5. The van der Waals surface area contributed by atoms with E-state index in [1.807, 2.05) is 0 Å². The van der Waals surface area contributed by atoms with Gasteiger partial charge in [-0.05, 0) is 18.2 Å². The molecule has 0 saturated carbocycles. The Bertz CT molecular complexity index is 420. The molecule has 0 aliphatic carbocycles. The van der Waals surface area contributed by atoms with Gasteiger partial charge in [-0.25, -0.2) is 8.78 Å². The third kappa shape index (κ3) is 2.47. The molecule has 0 atom stereocenters. The Kier molecular flexibility index (Phi) is 3.80. The Balaban J connectivity index is 3.15. The molecule has 0 heterocycles. The maximum atomic E-state index is 12.7. The van der Waals surface area contributed by atoms with Crippen molar-refractivity contribution in [1.82, 2.24) is 0 Å². The van der Waals surface area contributed by atoms with E-state index in [2.05, 4.69) is 0 Å².